The second kappa shape index (κ2) is 9.91. The van der Waals surface area contributed by atoms with Gasteiger partial charge >= 0.3 is 0 Å². The van der Waals surface area contributed by atoms with E-state index in [0.717, 1.165) is 52.0 Å². The van der Waals surface area contributed by atoms with Gasteiger partial charge in [-0.1, -0.05) is 73.2 Å². The molecule has 0 aromatic heterocycles. The van der Waals surface area contributed by atoms with Crippen molar-refractivity contribution in [2.45, 2.75) is 37.7 Å². The summed E-state index contributed by atoms with van der Waals surface area (Å²) in [5, 5.41) is 12.4. The van der Waals surface area contributed by atoms with Gasteiger partial charge in [0.2, 0.25) is 0 Å². The molecule has 0 radical (unpaired) electrons. The molecule has 2 atom stereocenters. The van der Waals surface area contributed by atoms with Crippen LogP contribution in [0.25, 0.3) is 6.08 Å². The van der Waals surface area contributed by atoms with Crippen molar-refractivity contribution >= 4 is 6.08 Å². The number of hydrogen-bond acceptors (Lipinski definition) is 3. The molecule has 1 aliphatic carbocycles. The van der Waals surface area contributed by atoms with Crippen molar-refractivity contribution in [2.24, 2.45) is 5.92 Å². The maximum atomic E-state index is 12.4. The quantitative estimate of drug-likeness (QED) is 0.744. The molecule has 3 heteroatoms. The van der Waals surface area contributed by atoms with Crippen LogP contribution in [-0.2, 0) is 6.42 Å². The zero-order valence-electron chi connectivity index (χ0n) is 18.3. The Morgan fingerprint density at radius 2 is 1.60 bits per heavy atom. The Labute approximate surface area is 182 Å². The van der Waals surface area contributed by atoms with Gasteiger partial charge in [0.25, 0.3) is 0 Å². The fraction of sp³-hybridized carbons (Fsp3) is 0.481. The van der Waals surface area contributed by atoms with Gasteiger partial charge in [-0.25, -0.2) is 0 Å². The molecule has 2 fully saturated rings. The van der Waals surface area contributed by atoms with E-state index >= 15 is 0 Å². The van der Waals surface area contributed by atoms with E-state index in [1.807, 2.05) is 0 Å². The van der Waals surface area contributed by atoms with Gasteiger partial charge in [0.15, 0.2) is 0 Å². The summed E-state index contributed by atoms with van der Waals surface area (Å²) in [6, 6.07) is 21.1. The highest BCUT2D eigenvalue weighted by Gasteiger charge is 2.42. The lowest BCUT2D eigenvalue weighted by molar-refractivity contribution is -0.00643. The van der Waals surface area contributed by atoms with Crippen LogP contribution in [0.3, 0.4) is 0 Å². The molecule has 0 spiro atoms. The van der Waals surface area contributed by atoms with E-state index in [0.29, 0.717) is 6.42 Å². The van der Waals surface area contributed by atoms with Crippen LogP contribution in [0.15, 0.2) is 66.2 Å². The van der Waals surface area contributed by atoms with Crippen molar-refractivity contribution in [3.8, 4) is 0 Å². The number of likely N-dealkylation sites (N-methyl/N-ethyl adjacent to an activating group) is 1. The van der Waals surface area contributed by atoms with Crippen molar-refractivity contribution in [1.29, 1.82) is 0 Å². The van der Waals surface area contributed by atoms with Crippen LogP contribution in [0.2, 0.25) is 0 Å². The van der Waals surface area contributed by atoms with E-state index in [1.165, 1.54) is 23.1 Å². The Morgan fingerprint density at radius 1 is 0.933 bits per heavy atom. The van der Waals surface area contributed by atoms with Crippen LogP contribution in [0.4, 0.5) is 0 Å². The number of nitrogens with zero attached hydrogens (tertiary/aromatic N) is 2. The second-order valence-corrected chi connectivity index (χ2v) is 9.21. The molecular weight excluding hydrogens is 368 g/mol. The molecule has 0 amide bonds. The first-order valence-electron chi connectivity index (χ1n) is 11.6. The fourth-order valence-corrected chi connectivity index (χ4v) is 5.12. The SMILES string of the molecule is CN1CCN(CC2CCCCC(=Cc3ccccc3)C2(O)Cc2ccccc2)CC1. The minimum Gasteiger partial charge on any atom is -0.385 e. The molecular formula is C27H36N2O. The van der Waals surface area contributed by atoms with Crippen molar-refractivity contribution in [3.05, 3.63) is 77.4 Å². The van der Waals surface area contributed by atoms with Gasteiger partial charge in [-0.3, -0.25) is 0 Å². The van der Waals surface area contributed by atoms with Gasteiger partial charge in [-0.05, 0) is 43.0 Å². The van der Waals surface area contributed by atoms with Gasteiger partial charge in [0.1, 0.15) is 0 Å². The van der Waals surface area contributed by atoms with Crippen LogP contribution in [-0.4, -0.2) is 60.3 Å². The predicted molar refractivity (Wildman–Crippen MR) is 125 cm³/mol. The normalized spacial score (nSPS) is 27.8. The van der Waals surface area contributed by atoms with Crippen molar-refractivity contribution in [2.75, 3.05) is 39.8 Å². The average molecular weight is 405 g/mol. The molecule has 1 aliphatic heterocycles. The lowest BCUT2D eigenvalue weighted by Gasteiger charge is -2.42. The maximum absolute atomic E-state index is 12.4. The summed E-state index contributed by atoms with van der Waals surface area (Å²) in [6.07, 6.45) is 7.41. The molecule has 0 bridgehead atoms. The molecule has 4 rings (SSSR count). The summed E-state index contributed by atoms with van der Waals surface area (Å²) >= 11 is 0. The van der Waals surface area contributed by atoms with Gasteiger partial charge in [0, 0.05) is 45.1 Å². The minimum absolute atomic E-state index is 0.263. The molecule has 2 aromatic carbocycles. The molecule has 160 valence electrons. The van der Waals surface area contributed by atoms with Crippen LogP contribution >= 0.6 is 0 Å². The number of aliphatic hydroxyl groups is 1. The lowest BCUT2D eigenvalue weighted by atomic mass is 9.74. The highest BCUT2D eigenvalue weighted by Crippen LogP contribution is 2.40. The molecule has 2 unspecified atom stereocenters. The largest absolute Gasteiger partial charge is 0.385 e. The van der Waals surface area contributed by atoms with E-state index in [4.69, 9.17) is 0 Å². The van der Waals surface area contributed by atoms with Gasteiger partial charge in [0.05, 0.1) is 5.60 Å². The summed E-state index contributed by atoms with van der Waals surface area (Å²) in [5.41, 5.74) is 2.84. The second-order valence-electron chi connectivity index (χ2n) is 9.21. The minimum atomic E-state index is -0.795. The van der Waals surface area contributed by atoms with Gasteiger partial charge in [-0.2, -0.15) is 0 Å². The number of rotatable bonds is 5. The van der Waals surface area contributed by atoms with E-state index in [-0.39, 0.29) is 5.92 Å². The summed E-state index contributed by atoms with van der Waals surface area (Å²) in [6.45, 7) is 5.44. The molecule has 2 aromatic rings. The Hall–Kier alpha value is -1.94. The monoisotopic (exact) mass is 404 g/mol. The molecule has 30 heavy (non-hydrogen) atoms. The zero-order chi connectivity index (χ0) is 20.8. The van der Waals surface area contributed by atoms with Gasteiger partial charge in [-0.15, -0.1) is 0 Å². The van der Waals surface area contributed by atoms with Crippen molar-refractivity contribution in [3.63, 3.8) is 0 Å². The van der Waals surface area contributed by atoms with E-state index in [1.54, 1.807) is 0 Å². The lowest BCUT2D eigenvalue weighted by Crippen LogP contribution is -2.51. The average Bonchev–Trinajstić information content (AvgIpc) is 2.91. The zero-order valence-corrected chi connectivity index (χ0v) is 18.3. The highest BCUT2D eigenvalue weighted by atomic mass is 16.3. The summed E-state index contributed by atoms with van der Waals surface area (Å²) < 4.78 is 0. The Balaban J connectivity index is 1.66. The van der Waals surface area contributed by atoms with E-state index in [9.17, 15) is 5.11 Å². The third-order valence-electron chi connectivity index (χ3n) is 7.01. The third kappa shape index (κ3) is 5.21. The Kier molecular flexibility index (Phi) is 7.04. The van der Waals surface area contributed by atoms with Crippen molar-refractivity contribution in [1.82, 2.24) is 9.80 Å². The first kappa shape index (κ1) is 21.3. The third-order valence-corrected chi connectivity index (χ3v) is 7.01. The predicted octanol–water partition coefficient (Wildman–Crippen LogP) is 4.48. The number of piperazine rings is 1. The van der Waals surface area contributed by atoms with Crippen LogP contribution < -0.4 is 0 Å². The van der Waals surface area contributed by atoms with Gasteiger partial charge < -0.3 is 14.9 Å². The van der Waals surface area contributed by atoms with Crippen LogP contribution in [0, 0.1) is 5.92 Å². The molecule has 1 saturated heterocycles. The summed E-state index contributed by atoms with van der Waals surface area (Å²) in [7, 11) is 2.20. The maximum Gasteiger partial charge on any atom is 0.0940 e. The topological polar surface area (TPSA) is 26.7 Å². The molecule has 2 aliphatic rings. The van der Waals surface area contributed by atoms with Crippen LogP contribution in [0.5, 0.6) is 0 Å². The summed E-state index contributed by atoms with van der Waals surface area (Å²) in [5.74, 6) is 0.263. The van der Waals surface area contributed by atoms with E-state index in [2.05, 4.69) is 83.6 Å². The smallest absolute Gasteiger partial charge is 0.0940 e. The highest BCUT2D eigenvalue weighted by molar-refractivity contribution is 5.55. The number of benzene rings is 2. The summed E-state index contributed by atoms with van der Waals surface area (Å²) in [4.78, 5) is 4.98. The van der Waals surface area contributed by atoms with E-state index < -0.39 is 5.60 Å². The first-order valence-corrected chi connectivity index (χ1v) is 11.6. The standard InChI is InChI=1S/C27H36N2O/c1-28-16-18-29(19-17-28)22-26-15-9-8-14-25(20-23-10-4-2-5-11-23)27(26,30)21-24-12-6-3-7-13-24/h2-7,10-13,20,26,30H,8-9,14-19,21-22H2,1H3. The molecule has 3 nitrogen and oxygen atoms in total. The molecule has 1 heterocycles. The Bertz CT molecular complexity index is 811. The molecule has 1 N–H and O–H groups in total. The first-order chi connectivity index (χ1) is 14.6. The van der Waals surface area contributed by atoms with Crippen LogP contribution in [0.1, 0.15) is 36.8 Å². The fourth-order valence-electron chi connectivity index (χ4n) is 5.12. The number of hydrogen-bond donors (Lipinski definition) is 1. The Morgan fingerprint density at radius 3 is 2.30 bits per heavy atom. The van der Waals surface area contributed by atoms with Crippen molar-refractivity contribution < 1.29 is 5.11 Å². The molecule has 1 saturated carbocycles.